The van der Waals surface area contributed by atoms with Crippen LogP contribution in [-0.4, -0.2) is 26.5 Å². The van der Waals surface area contributed by atoms with Crippen molar-refractivity contribution in [2.24, 2.45) is 0 Å². The minimum absolute atomic E-state index is 0.662. The van der Waals surface area contributed by atoms with Gasteiger partial charge in [-0.25, -0.2) is 0 Å². The van der Waals surface area contributed by atoms with Crippen molar-refractivity contribution >= 4 is 26.5 Å². The third kappa shape index (κ3) is 2.13. The van der Waals surface area contributed by atoms with Crippen molar-refractivity contribution in [3.63, 3.8) is 0 Å². The summed E-state index contributed by atoms with van der Waals surface area (Å²) in [5, 5.41) is 0. The Labute approximate surface area is 118 Å². The second-order valence-corrected chi connectivity index (χ2v) is 32.6. The van der Waals surface area contributed by atoms with Crippen molar-refractivity contribution in [3.05, 3.63) is 35.4 Å². The Morgan fingerprint density at radius 2 is 1.44 bits per heavy atom. The minimum atomic E-state index is -1.77. The van der Waals surface area contributed by atoms with Crippen LogP contribution in [0.4, 0.5) is 0 Å². The molecule has 0 amide bonds. The zero-order valence-electron chi connectivity index (χ0n) is 12.9. The number of hydrogen-bond donors (Lipinski definition) is 0. The zero-order chi connectivity index (χ0) is 13.6. The van der Waals surface area contributed by atoms with Gasteiger partial charge in [0.2, 0.25) is 0 Å². The fourth-order valence-corrected chi connectivity index (χ4v) is 42.1. The van der Waals surface area contributed by atoms with E-state index in [4.69, 9.17) is 0 Å². The first kappa shape index (κ1) is 14.7. The van der Waals surface area contributed by atoms with Crippen LogP contribution in [0.5, 0.6) is 0 Å². The monoisotopic (exact) mass is 368 g/mol. The predicted octanol–water partition coefficient (Wildman–Crippen LogP) is 5.02. The van der Waals surface area contributed by atoms with Crippen LogP contribution in [0, 0.1) is 0 Å². The summed E-state index contributed by atoms with van der Waals surface area (Å²) in [7, 11) is 0. The van der Waals surface area contributed by atoms with E-state index in [1.54, 1.807) is 11.1 Å². The molecule has 0 unspecified atom stereocenters. The van der Waals surface area contributed by atoms with E-state index in [0.29, 0.717) is 3.08 Å². The summed E-state index contributed by atoms with van der Waals surface area (Å²) in [6.07, 6.45) is 4.22. The molecular weight excluding hydrogens is 337 g/mol. The number of aryl methyl sites for hydroxylation is 1. The Balaban J connectivity index is 2.72. The van der Waals surface area contributed by atoms with Crippen LogP contribution in [-0.2, 0) is 9.50 Å². The summed E-state index contributed by atoms with van der Waals surface area (Å²) in [5.41, 5.74) is 3.45. The first-order chi connectivity index (χ1) is 8.20. The standard InChI is InChI=1S/C16H28Ge2/c1-17(2,3)16(18(4,5)6)13-9-11-14-10-7-8-12-15(14)16/h7-8,10,12H,9,11,13H2,1-6H3. The van der Waals surface area contributed by atoms with Gasteiger partial charge in [-0.3, -0.25) is 0 Å². The molecular formula is C16H28Ge2. The third-order valence-corrected chi connectivity index (χ3v) is 34.3. The summed E-state index contributed by atoms with van der Waals surface area (Å²) in [6.45, 7) is 0. The molecule has 1 aliphatic rings. The van der Waals surface area contributed by atoms with E-state index in [2.05, 4.69) is 58.8 Å². The quantitative estimate of drug-likeness (QED) is 0.646. The molecule has 100 valence electrons. The van der Waals surface area contributed by atoms with Crippen LogP contribution in [0.15, 0.2) is 24.3 Å². The second-order valence-electron chi connectivity index (χ2n) is 7.92. The SMILES string of the molecule is [CH3][Ge]([CH3])([CH3])[C]1([Ge]([CH3])([CH3])[CH3])CCCc2ccccc21. The molecule has 0 bridgehead atoms. The topological polar surface area (TPSA) is 0 Å². The average Bonchev–Trinajstić information content (AvgIpc) is 2.25. The van der Waals surface area contributed by atoms with Crippen LogP contribution in [0.1, 0.15) is 24.0 Å². The van der Waals surface area contributed by atoms with Gasteiger partial charge < -0.3 is 0 Å². The van der Waals surface area contributed by atoms with E-state index < -0.39 is 26.5 Å². The van der Waals surface area contributed by atoms with Gasteiger partial charge in [0.05, 0.1) is 0 Å². The van der Waals surface area contributed by atoms with Crippen molar-refractivity contribution in [2.45, 2.75) is 56.9 Å². The summed E-state index contributed by atoms with van der Waals surface area (Å²) < 4.78 is 0.662. The van der Waals surface area contributed by atoms with Crippen LogP contribution < -0.4 is 0 Å². The first-order valence-corrected chi connectivity index (χ1v) is 22.0. The molecule has 0 radical (unpaired) electrons. The third-order valence-electron chi connectivity index (χ3n) is 5.04. The predicted molar refractivity (Wildman–Crippen MR) is 87.8 cm³/mol. The first-order valence-electron chi connectivity index (χ1n) is 7.28. The number of hydrogen-bond acceptors (Lipinski definition) is 0. The van der Waals surface area contributed by atoms with Crippen LogP contribution >= 0.6 is 0 Å². The summed E-state index contributed by atoms with van der Waals surface area (Å²) in [4.78, 5) is 0. The van der Waals surface area contributed by atoms with Crippen molar-refractivity contribution in [3.8, 4) is 0 Å². The molecule has 1 aliphatic carbocycles. The molecule has 2 heteroatoms. The molecule has 0 N–H and O–H groups in total. The Kier molecular flexibility index (Phi) is 3.84. The molecule has 1 aromatic carbocycles. The van der Waals surface area contributed by atoms with Crippen molar-refractivity contribution in [1.29, 1.82) is 0 Å². The molecule has 0 fully saturated rings. The molecule has 0 saturated heterocycles. The molecule has 0 nitrogen and oxygen atoms in total. The van der Waals surface area contributed by atoms with Gasteiger partial charge in [0.15, 0.2) is 0 Å². The molecule has 0 aliphatic heterocycles. The molecule has 2 rings (SSSR count). The maximum atomic E-state index is 2.65. The van der Waals surface area contributed by atoms with Crippen molar-refractivity contribution in [1.82, 2.24) is 0 Å². The van der Waals surface area contributed by atoms with E-state index in [0.717, 1.165) is 0 Å². The van der Waals surface area contributed by atoms with Gasteiger partial charge in [0.25, 0.3) is 0 Å². The van der Waals surface area contributed by atoms with Crippen molar-refractivity contribution in [2.75, 3.05) is 0 Å². The Hall–Kier alpha value is 0.306. The Morgan fingerprint density at radius 1 is 0.889 bits per heavy atom. The molecule has 0 saturated carbocycles. The van der Waals surface area contributed by atoms with Gasteiger partial charge in [0, 0.05) is 0 Å². The Morgan fingerprint density at radius 3 is 2.00 bits per heavy atom. The van der Waals surface area contributed by atoms with Gasteiger partial charge in [-0.2, -0.15) is 0 Å². The summed E-state index contributed by atoms with van der Waals surface area (Å²) in [6, 6.07) is 9.38. The fourth-order valence-electron chi connectivity index (χ4n) is 4.52. The molecule has 18 heavy (non-hydrogen) atoms. The maximum absolute atomic E-state index is 2.65. The van der Waals surface area contributed by atoms with E-state index in [1.165, 1.54) is 19.3 Å². The molecule has 0 spiro atoms. The van der Waals surface area contributed by atoms with Gasteiger partial charge in [-0.05, 0) is 0 Å². The number of benzene rings is 1. The summed E-state index contributed by atoms with van der Waals surface area (Å²) >= 11 is -3.53. The zero-order valence-corrected chi connectivity index (χ0v) is 17.1. The van der Waals surface area contributed by atoms with E-state index >= 15 is 0 Å². The van der Waals surface area contributed by atoms with Crippen LogP contribution in [0.3, 0.4) is 0 Å². The van der Waals surface area contributed by atoms with Gasteiger partial charge >= 0.3 is 119 Å². The van der Waals surface area contributed by atoms with E-state index in [-0.39, 0.29) is 0 Å². The summed E-state index contributed by atoms with van der Waals surface area (Å²) in [5.74, 6) is 15.9. The van der Waals surface area contributed by atoms with E-state index in [9.17, 15) is 0 Å². The molecule has 0 atom stereocenters. The second kappa shape index (κ2) is 4.69. The average molecular weight is 366 g/mol. The number of rotatable bonds is 2. The number of fused-ring (bicyclic) bond motifs is 1. The Bertz CT molecular complexity index is 421. The van der Waals surface area contributed by atoms with Crippen molar-refractivity contribution < 1.29 is 0 Å². The van der Waals surface area contributed by atoms with E-state index in [1.807, 2.05) is 0 Å². The van der Waals surface area contributed by atoms with Crippen LogP contribution in [0.2, 0.25) is 34.5 Å². The fraction of sp³-hybridized carbons (Fsp3) is 0.625. The van der Waals surface area contributed by atoms with Crippen LogP contribution in [0.25, 0.3) is 0 Å². The normalized spacial score (nSPS) is 19.4. The molecule has 0 aromatic heterocycles. The molecule has 1 aromatic rings. The molecule has 0 heterocycles. The van der Waals surface area contributed by atoms with Gasteiger partial charge in [-0.15, -0.1) is 0 Å². The van der Waals surface area contributed by atoms with Gasteiger partial charge in [0.1, 0.15) is 0 Å². The van der Waals surface area contributed by atoms with Gasteiger partial charge in [-0.1, -0.05) is 0 Å².